The molecule has 5 heteroatoms. The van der Waals surface area contributed by atoms with Crippen LogP contribution >= 0.6 is 11.3 Å². The van der Waals surface area contributed by atoms with Gasteiger partial charge in [-0.3, -0.25) is 4.79 Å². The fourth-order valence-corrected chi connectivity index (χ4v) is 4.19. The van der Waals surface area contributed by atoms with Crippen molar-refractivity contribution >= 4 is 22.4 Å². The number of thiazole rings is 1. The summed E-state index contributed by atoms with van der Waals surface area (Å²) < 4.78 is 0. The van der Waals surface area contributed by atoms with Crippen LogP contribution in [-0.4, -0.2) is 35.9 Å². The van der Waals surface area contributed by atoms with E-state index >= 15 is 0 Å². The molecule has 1 aliphatic rings. The lowest BCUT2D eigenvalue weighted by molar-refractivity contribution is -0.132. The monoisotopic (exact) mass is 329 g/mol. The molecule has 0 unspecified atom stereocenters. The quantitative estimate of drug-likeness (QED) is 0.934. The molecule has 0 bridgehead atoms. The first kappa shape index (κ1) is 16.0. The molecule has 4 nitrogen and oxygen atoms in total. The number of likely N-dealkylation sites (tertiary alicyclic amines) is 1. The zero-order valence-electron chi connectivity index (χ0n) is 13.7. The number of nitrogens with one attached hydrogen (secondary N) is 1. The molecule has 1 aromatic carbocycles. The van der Waals surface area contributed by atoms with E-state index in [4.69, 9.17) is 4.98 Å². The van der Waals surface area contributed by atoms with E-state index in [1.165, 1.54) is 5.56 Å². The van der Waals surface area contributed by atoms with Crippen LogP contribution in [0.25, 0.3) is 0 Å². The van der Waals surface area contributed by atoms with Crippen molar-refractivity contribution in [3.63, 3.8) is 0 Å². The Labute approximate surface area is 141 Å². The third-order valence-corrected chi connectivity index (χ3v) is 5.67. The summed E-state index contributed by atoms with van der Waals surface area (Å²) in [5.41, 5.74) is 2.34. The molecule has 0 saturated carbocycles. The van der Waals surface area contributed by atoms with Gasteiger partial charge in [-0.2, -0.15) is 0 Å². The Morgan fingerprint density at radius 2 is 2.00 bits per heavy atom. The Hall–Kier alpha value is -1.88. The van der Waals surface area contributed by atoms with Gasteiger partial charge in [0.15, 0.2) is 5.13 Å². The zero-order valence-corrected chi connectivity index (χ0v) is 14.5. The molecule has 1 saturated heterocycles. The van der Waals surface area contributed by atoms with Crippen molar-refractivity contribution in [2.75, 3.05) is 25.5 Å². The summed E-state index contributed by atoms with van der Waals surface area (Å²) in [4.78, 5) is 18.8. The van der Waals surface area contributed by atoms with E-state index in [0.29, 0.717) is 6.42 Å². The van der Waals surface area contributed by atoms with Crippen molar-refractivity contribution in [1.82, 2.24) is 9.88 Å². The van der Waals surface area contributed by atoms with Crippen LogP contribution in [0, 0.1) is 0 Å². The van der Waals surface area contributed by atoms with Gasteiger partial charge in [0, 0.05) is 37.4 Å². The van der Waals surface area contributed by atoms with Crippen molar-refractivity contribution < 1.29 is 4.79 Å². The second kappa shape index (κ2) is 6.71. The summed E-state index contributed by atoms with van der Waals surface area (Å²) in [5.74, 6) is 0.251. The lowest BCUT2D eigenvalue weighted by Crippen LogP contribution is -2.45. The maximum Gasteiger partial charge on any atom is 0.222 e. The van der Waals surface area contributed by atoms with Gasteiger partial charge in [0.05, 0.1) is 5.69 Å². The molecule has 23 heavy (non-hydrogen) atoms. The van der Waals surface area contributed by atoms with E-state index in [0.717, 1.165) is 36.8 Å². The number of hydrogen-bond acceptors (Lipinski definition) is 4. The van der Waals surface area contributed by atoms with Gasteiger partial charge in [-0.15, -0.1) is 11.3 Å². The van der Waals surface area contributed by atoms with Crippen molar-refractivity contribution in [2.24, 2.45) is 0 Å². The molecular weight excluding hydrogens is 306 g/mol. The van der Waals surface area contributed by atoms with E-state index in [2.05, 4.69) is 35.0 Å². The third-order valence-electron chi connectivity index (χ3n) is 4.81. The van der Waals surface area contributed by atoms with Crippen LogP contribution < -0.4 is 5.32 Å². The van der Waals surface area contributed by atoms with Crippen molar-refractivity contribution in [3.05, 3.63) is 47.0 Å². The van der Waals surface area contributed by atoms with Gasteiger partial charge in [-0.25, -0.2) is 4.98 Å². The molecule has 0 aliphatic carbocycles. The summed E-state index contributed by atoms with van der Waals surface area (Å²) >= 11 is 1.65. The highest BCUT2D eigenvalue weighted by molar-refractivity contribution is 7.13. The van der Waals surface area contributed by atoms with Gasteiger partial charge < -0.3 is 10.2 Å². The Bertz CT molecular complexity index is 660. The average molecular weight is 329 g/mol. The number of benzene rings is 1. The van der Waals surface area contributed by atoms with Crippen LogP contribution in [-0.2, 0) is 10.2 Å². The minimum absolute atomic E-state index is 0.0859. The van der Waals surface area contributed by atoms with Crippen LogP contribution in [0.15, 0.2) is 35.7 Å². The number of rotatable bonds is 4. The minimum atomic E-state index is -0.0859. The summed E-state index contributed by atoms with van der Waals surface area (Å²) in [6.45, 7) is 3.53. The van der Waals surface area contributed by atoms with E-state index in [-0.39, 0.29) is 11.3 Å². The molecular formula is C18H23N3OS. The van der Waals surface area contributed by atoms with Gasteiger partial charge >= 0.3 is 0 Å². The van der Waals surface area contributed by atoms with Crippen LogP contribution in [0.2, 0.25) is 0 Å². The summed E-state index contributed by atoms with van der Waals surface area (Å²) in [6.07, 6.45) is 2.43. The predicted molar refractivity (Wildman–Crippen MR) is 95.0 cm³/mol. The lowest BCUT2D eigenvalue weighted by atomic mass is 9.70. The summed E-state index contributed by atoms with van der Waals surface area (Å²) in [6, 6.07) is 10.6. The molecule has 2 heterocycles. The first-order valence-electron chi connectivity index (χ1n) is 8.16. The fraction of sp³-hybridized carbons (Fsp3) is 0.444. The number of carbonyl (C=O) groups is 1. The molecule has 2 aromatic rings. The van der Waals surface area contributed by atoms with E-state index in [1.807, 2.05) is 24.9 Å². The van der Waals surface area contributed by atoms with Crippen LogP contribution in [0.4, 0.5) is 5.13 Å². The maximum absolute atomic E-state index is 12.0. The maximum atomic E-state index is 12.0. The van der Waals surface area contributed by atoms with Gasteiger partial charge in [0.2, 0.25) is 5.91 Å². The SMILES string of the molecule is CCC(=O)N1CCC(c2ccccc2)(c2csc(NC)n2)CC1. The summed E-state index contributed by atoms with van der Waals surface area (Å²) in [7, 11) is 1.90. The Balaban J connectivity index is 1.95. The smallest absolute Gasteiger partial charge is 0.222 e. The number of carbonyl (C=O) groups excluding carboxylic acids is 1. The third kappa shape index (κ3) is 2.98. The number of hydrogen-bond donors (Lipinski definition) is 1. The second-order valence-electron chi connectivity index (χ2n) is 5.97. The van der Waals surface area contributed by atoms with Crippen molar-refractivity contribution in [2.45, 2.75) is 31.6 Å². The van der Waals surface area contributed by atoms with Crippen LogP contribution in [0.3, 0.4) is 0 Å². The highest BCUT2D eigenvalue weighted by Gasteiger charge is 2.40. The second-order valence-corrected chi connectivity index (χ2v) is 6.83. The minimum Gasteiger partial charge on any atom is -0.365 e. The Kier molecular flexibility index (Phi) is 4.66. The number of amides is 1. The molecule has 1 N–H and O–H groups in total. The Morgan fingerprint density at radius 1 is 1.30 bits per heavy atom. The molecule has 0 radical (unpaired) electrons. The number of anilines is 1. The fourth-order valence-electron chi connectivity index (χ4n) is 3.42. The normalized spacial score (nSPS) is 17.0. The zero-order chi connectivity index (χ0) is 16.3. The van der Waals surface area contributed by atoms with Gasteiger partial charge in [-0.05, 0) is 18.4 Å². The van der Waals surface area contributed by atoms with Gasteiger partial charge in [0.1, 0.15) is 0 Å². The average Bonchev–Trinajstić information content (AvgIpc) is 3.11. The standard InChI is InChI=1S/C18H23N3OS/c1-3-16(22)21-11-9-18(10-12-21,14-7-5-4-6-8-14)15-13-23-17(19-2)20-15/h4-8,13H,3,9-12H2,1-2H3,(H,19,20). The molecule has 1 aromatic heterocycles. The van der Waals surface area contributed by atoms with Gasteiger partial charge in [-0.1, -0.05) is 37.3 Å². The molecule has 3 rings (SSSR count). The number of nitrogens with zero attached hydrogens (tertiary/aromatic N) is 2. The molecule has 1 amide bonds. The molecule has 122 valence electrons. The Morgan fingerprint density at radius 3 is 2.57 bits per heavy atom. The number of aromatic nitrogens is 1. The van der Waals surface area contributed by atoms with E-state index in [1.54, 1.807) is 11.3 Å². The first-order chi connectivity index (χ1) is 11.2. The van der Waals surface area contributed by atoms with Gasteiger partial charge in [0.25, 0.3) is 0 Å². The first-order valence-corrected chi connectivity index (χ1v) is 9.04. The predicted octanol–water partition coefficient (Wildman–Crippen LogP) is 3.50. The highest BCUT2D eigenvalue weighted by Crippen LogP contribution is 2.42. The van der Waals surface area contributed by atoms with E-state index < -0.39 is 0 Å². The van der Waals surface area contributed by atoms with Crippen molar-refractivity contribution in [3.8, 4) is 0 Å². The molecule has 0 atom stereocenters. The van der Waals surface area contributed by atoms with Crippen LogP contribution in [0.5, 0.6) is 0 Å². The topological polar surface area (TPSA) is 45.2 Å². The number of piperidine rings is 1. The lowest BCUT2D eigenvalue weighted by Gasteiger charge is -2.41. The van der Waals surface area contributed by atoms with E-state index in [9.17, 15) is 4.79 Å². The van der Waals surface area contributed by atoms with Crippen LogP contribution in [0.1, 0.15) is 37.4 Å². The van der Waals surface area contributed by atoms with Crippen molar-refractivity contribution in [1.29, 1.82) is 0 Å². The largest absolute Gasteiger partial charge is 0.365 e. The molecule has 1 fully saturated rings. The highest BCUT2D eigenvalue weighted by atomic mass is 32.1. The molecule has 0 spiro atoms. The molecule has 1 aliphatic heterocycles. The summed E-state index contributed by atoms with van der Waals surface area (Å²) in [5, 5.41) is 6.24.